The van der Waals surface area contributed by atoms with Gasteiger partial charge < -0.3 is 4.74 Å². The van der Waals surface area contributed by atoms with Gasteiger partial charge in [0.05, 0.1) is 11.1 Å². The Morgan fingerprint density at radius 3 is 2.69 bits per heavy atom. The fraction of sp³-hybridized carbons (Fsp3) is 0.375. The molecule has 72 valence electrons. The van der Waals surface area contributed by atoms with Crippen LogP contribution in [-0.2, 0) is 4.74 Å². The summed E-state index contributed by atoms with van der Waals surface area (Å²) in [5, 5.41) is 0. The van der Waals surface area contributed by atoms with E-state index in [1.807, 2.05) is 6.92 Å². The van der Waals surface area contributed by atoms with E-state index < -0.39 is 0 Å². The third-order valence-electron chi connectivity index (χ3n) is 1.49. The predicted octanol–water partition coefficient (Wildman–Crippen LogP) is 3.65. The largest absolute Gasteiger partial charge is 0.462 e. The highest BCUT2D eigenvalue weighted by Gasteiger charge is 2.18. The molecular formula is C8H8BrClO2S. The van der Waals surface area contributed by atoms with E-state index in [9.17, 15) is 4.79 Å². The number of carbonyl (C=O) groups is 1. The van der Waals surface area contributed by atoms with E-state index in [0.717, 1.165) is 10.0 Å². The van der Waals surface area contributed by atoms with Gasteiger partial charge in [-0.25, -0.2) is 4.79 Å². The predicted molar refractivity (Wildman–Crippen MR) is 57.7 cm³/mol. The number of halogens is 2. The third-order valence-corrected chi connectivity index (χ3v) is 4.46. The van der Waals surface area contributed by atoms with Gasteiger partial charge in [0.2, 0.25) is 0 Å². The monoisotopic (exact) mass is 282 g/mol. The van der Waals surface area contributed by atoms with E-state index >= 15 is 0 Å². The van der Waals surface area contributed by atoms with E-state index in [1.54, 1.807) is 6.92 Å². The molecule has 1 rings (SSSR count). The maximum Gasteiger partial charge on any atom is 0.348 e. The summed E-state index contributed by atoms with van der Waals surface area (Å²) in [6.45, 7) is 3.99. The van der Waals surface area contributed by atoms with Crippen molar-refractivity contribution in [2.24, 2.45) is 0 Å². The van der Waals surface area contributed by atoms with Crippen molar-refractivity contribution < 1.29 is 9.53 Å². The highest BCUT2D eigenvalue weighted by atomic mass is 79.9. The summed E-state index contributed by atoms with van der Waals surface area (Å²) in [6, 6.07) is 0. The molecule has 0 aliphatic rings. The first-order valence-electron chi connectivity index (χ1n) is 3.69. The molecule has 1 heterocycles. The molecule has 13 heavy (non-hydrogen) atoms. The molecule has 1 aromatic heterocycles. The maximum absolute atomic E-state index is 11.3. The average Bonchev–Trinajstić information content (AvgIpc) is 2.33. The summed E-state index contributed by atoms with van der Waals surface area (Å²) < 4.78 is 6.23. The first-order chi connectivity index (χ1) is 6.07. The Hall–Kier alpha value is -0.0600. The zero-order valence-electron chi connectivity index (χ0n) is 7.19. The standard InChI is InChI=1S/C8H8BrClO2S/c1-3-12-8(11)6-4(2)5(9)7(10)13-6/h3H2,1-2H3. The number of hydrogen-bond acceptors (Lipinski definition) is 3. The quantitative estimate of drug-likeness (QED) is 0.775. The van der Waals surface area contributed by atoms with Crippen LogP contribution in [0.25, 0.3) is 0 Å². The van der Waals surface area contributed by atoms with Gasteiger partial charge in [-0.05, 0) is 35.3 Å². The molecule has 0 fully saturated rings. The first-order valence-corrected chi connectivity index (χ1v) is 5.68. The van der Waals surface area contributed by atoms with Crippen LogP contribution in [0, 0.1) is 6.92 Å². The fourth-order valence-corrected chi connectivity index (χ4v) is 2.61. The summed E-state index contributed by atoms with van der Waals surface area (Å²) in [5.41, 5.74) is 0.841. The van der Waals surface area contributed by atoms with Gasteiger partial charge in [0.25, 0.3) is 0 Å². The summed E-state index contributed by atoms with van der Waals surface area (Å²) in [7, 11) is 0. The Balaban J connectivity index is 3.01. The number of ether oxygens (including phenoxy) is 1. The molecule has 0 radical (unpaired) electrons. The van der Waals surface area contributed by atoms with Crippen LogP contribution in [-0.4, -0.2) is 12.6 Å². The second-order valence-corrected chi connectivity index (χ2v) is 4.78. The Kier molecular flexibility index (Phi) is 3.76. The van der Waals surface area contributed by atoms with Gasteiger partial charge in [-0.15, -0.1) is 11.3 Å². The van der Waals surface area contributed by atoms with Crippen LogP contribution < -0.4 is 0 Å². The molecule has 0 N–H and O–H groups in total. The highest BCUT2D eigenvalue weighted by molar-refractivity contribution is 9.10. The second kappa shape index (κ2) is 4.44. The maximum atomic E-state index is 11.3. The first kappa shape index (κ1) is 11.0. The van der Waals surface area contributed by atoms with Crippen LogP contribution in [0.3, 0.4) is 0 Å². The van der Waals surface area contributed by atoms with Gasteiger partial charge >= 0.3 is 5.97 Å². The highest BCUT2D eigenvalue weighted by Crippen LogP contribution is 2.36. The van der Waals surface area contributed by atoms with Crippen molar-refractivity contribution in [2.75, 3.05) is 6.61 Å². The molecular weight excluding hydrogens is 276 g/mol. The normalized spacial score (nSPS) is 10.2. The molecule has 0 spiro atoms. The zero-order valence-corrected chi connectivity index (χ0v) is 10.3. The van der Waals surface area contributed by atoms with E-state index in [2.05, 4.69) is 15.9 Å². The van der Waals surface area contributed by atoms with E-state index in [1.165, 1.54) is 11.3 Å². The van der Waals surface area contributed by atoms with Crippen molar-refractivity contribution in [1.29, 1.82) is 0 Å². The second-order valence-electron chi connectivity index (χ2n) is 2.36. The minimum absolute atomic E-state index is 0.308. The number of hydrogen-bond donors (Lipinski definition) is 0. The molecule has 0 unspecified atom stereocenters. The van der Waals surface area contributed by atoms with Gasteiger partial charge in [-0.1, -0.05) is 11.6 Å². The summed E-state index contributed by atoms with van der Waals surface area (Å²) in [4.78, 5) is 11.9. The van der Waals surface area contributed by atoms with Gasteiger partial charge in [0.1, 0.15) is 9.21 Å². The van der Waals surface area contributed by atoms with E-state index in [-0.39, 0.29) is 5.97 Å². The number of carbonyl (C=O) groups excluding carboxylic acids is 1. The zero-order chi connectivity index (χ0) is 10.0. The third kappa shape index (κ3) is 2.24. The van der Waals surface area contributed by atoms with E-state index in [4.69, 9.17) is 16.3 Å². The van der Waals surface area contributed by atoms with Gasteiger partial charge in [0, 0.05) is 0 Å². The number of esters is 1. The van der Waals surface area contributed by atoms with Crippen LogP contribution in [0.15, 0.2) is 4.47 Å². The van der Waals surface area contributed by atoms with Crippen molar-refractivity contribution >= 4 is 44.8 Å². The Labute approximate surface area is 94.0 Å². The SMILES string of the molecule is CCOC(=O)c1sc(Cl)c(Br)c1C. The molecule has 1 aromatic rings. The van der Waals surface area contributed by atoms with Crippen LogP contribution >= 0.6 is 38.9 Å². The van der Waals surface area contributed by atoms with Crippen LogP contribution in [0.4, 0.5) is 0 Å². The van der Waals surface area contributed by atoms with Crippen molar-refractivity contribution in [3.05, 3.63) is 19.2 Å². The molecule has 0 atom stereocenters. The smallest absolute Gasteiger partial charge is 0.348 e. The topological polar surface area (TPSA) is 26.3 Å². The molecule has 0 aliphatic carbocycles. The molecule has 0 aliphatic heterocycles. The average molecular weight is 284 g/mol. The van der Waals surface area contributed by atoms with Gasteiger partial charge in [-0.3, -0.25) is 0 Å². The van der Waals surface area contributed by atoms with Gasteiger partial charge in [0.15, 0.2) is 0 Å². The number of thiophene rings is 1. The molecule has 2 nitrogen and oxygen atoms in total. The lowest BCUT2D eigenvalue weighted by Crippen LogP contribution is -2.03. The lowest BCUT2D eigenvalue weighted by atomic mass is 10.3. The van der Waals surface area contributed by atoms with Crippen molar-refractivity contribution in [2.45, 2.75) is 13.8 Å². The molecule has 0 saturated carbocycles. The van der Waals surface area contributed by atoms with E-state index in [0.29, 0.717) is 15.8 Å². The van der Waals surface area contributed by atoms with Crippen LogP contribution in [0.1, 0.15) is 22.2 Å². The summed E-state index contributed by atoms with van der Waals surface area (Å²) >= 11 is 10.4. The van der Waals surface area contributed by atoms with Crippen molar-refractivity contribution in [1.82, 2.24) is 0 Å². The lowest BCUT2D eigenvalue weighted by molar-refractivity contribution is 0.0531. The summed E-state index contributed by atoms with van der Waals surface area (Å²) in [6.07, 6.45) is 0. The number of rotatable bonds is 2. The molecule has 5 heteroatoms. The summed E-state index contributed by atoms with van der Waals surface area (Å²) in [5.74, 6) is -0.308. The van der Waals surface area contributed by atoms with Crippen molar-refractivity contribution in [3.63, 3.8) is 0 Å². The Morgan fingerprint density at radius 1 is 1.69 bits per heavy atom. The van der Waals surface area contributed by atoms with Crippen molar-refractivity contribution in [3.8, 4) is 0 Å². The minimum atomic E-state index is -0.308. The molecule has 0 bridgehead atoms. The molecule has 0 saturated heterocycles. The molecule has 0 aromatic carbocycles. The Bertz CT molecular complexity index is 335. The lowest BCUT2D eigenvalue weighted by Gasteiger charge is -1.98. The Morgan fingerprint density at radius 2 is 2.31 bits per heavy atom. The molecule has 0 amide bonds. The van der Waals surface area contributed by atoms with Gasteiger partial charge in [-0.2, -0.15) is 0 Å². The van der Waals surface area contributed by atoms with Crippen LogP contribution in [0.5, 0.6) is 0 Å². The van der Waals surface area contributed by atoms with Crippen LogP contribution in [0.2, 0.25) is 4.34 Å². The minimum Gasteiger partial charge on any atom is -0.462 e. The fourth-order valence-electron chi connectivity index (χ4n) is 0.849.